The number of piperazine rings is 1. The molecule has 1 aliphatic heterocycles. The van der Waals surface area contributed by atoms with Gasteiger partial charge in [-0.3, -0.25) is 4.90 Å². The highest BCUT2D eigenvalue weighted by Crippen LogP contribution is 2.28. The van der Waals surface area contributed by atoms with E-state index in [4.69, 9.17) is 0 Å². The quantitative estimate of drug-likeness (QED) is 0.799. The monoisotopic (exact) mass is 390 g/mol. The van der Waals surface area contributed by atoms with Crippen LogP contribution in [0, 0.1) is 13.8 Å². The topological polar surface area (TPSA) is 50.1 Å². The molecule has 2 aromatic rings. The summed E-state index contributed by atoms with van der Waals surface area (Å²) in [6.07, 6.45) is 6.40. The Bertz CT molecular complexity index is 732. The van der Waals surface area contributed by atoms with E-state index in [1.165, 1.54) is 48.9 Å². The fraction of sp³-hybridized carbons (Fsp3) is 0.650. The number of nitrogens with zero attached hydrogens (tertiary/aromatic N) is 6. The number of aromatic nitrogens is 4. The Morgan fingerprint density at radius 3 is 2.48 bits per heavy atom. The molecule has 27 heavy (non-hydrogen) atoms. The maximum absolute atomic E-state index is 4.33. The molecule has 0 bridgehead atoms. The molecule has 1 aliphatic carbocycles. The Morgan fingerprint density at radius 1 is 1.00 bits per heavy atom. The fourth-order valence-corrected chi connectivity index (χ4v) is 4.33. The molecule has 0 amide bonds. The number of hydrogen-bond donors (Lipinski definition) is 0. The Kier molecular flexibility index (Phi) is 6.71. The average Bonchev–Trinajstić information content (AvgIpc) is 3.13. The second kappa shape index (κ2) is 9.02. The van der Waals surface area contributed by atoms with Gasteiger partial charge in [0.1, 0.15) is 0 Å². The van der Waals surface area contributed by atoms with Crippen molar-refractivity contribution in [3.63, 3.8) is 0 Å². The number of aryl methyl sites for hydroxylation is 2. The molecule has 1 saturated carbocycles. The van der Waals surface area contributed by atoms with Crippen molar-refractivity contribution in [3.8, 4) is 0 Å². The Hall–Kier alpha value is -1.66. The first kappa shape index (κ1) is 20.1. The molecule has 1 saturated heterocycles. The van der Waals surface area contributed by atoms with Crippen LogP contribution in [0.15, 0.2) is 18.2 Å². The summed E-state index contributed by atoms with van der Waals surface area (Å²) in [7, 11) is 0. The lowest BCUT2D eigenvalue weighted by atomic mass is 9.95. The maximum atomic E-state index is 4.33. The van der Waals surface area contributed by atoms with Crippen LogP contribution in [0.5, 0.6) is 0 Å². The molecule has 0 N–H and O–H groups in total. The van der Waals surface area contributed by atoms with Gasteiger partial charge < -0.3 is 4.90 Å². The summed E-state index contributed by atoms with van der Waals surface area (Å²) in [5.41, 5.74) is 4.08. The van der Waals surface area contributed by atoms with Gasteiger partial charge in [0.2, 0.25) is 0 Å². The Balaban J connectivity index is 0.00000210. The van der Waals surface area contributed by atoms with Gasteiger partial charge in [-0.25, -0.2) is 4.68 Å². The number of hydrogen-bond acceptors (Lipinski definition) is 5. The van der Waals surface area contributed by atoms with E-state index in [-0.39, 0.29) is 12.4 Å². The van der Waals surface area contributed by atoms with Gasteiger partial charge in [0.25, 0.3) is 0 Å². The van der Waals surface area contributed by atoms with Crippen molar-refractivity contribution < 1.29 is 0 Å². The first-order chi connectivity index (χ1) is 12.7. The summed E-state index contributed by atoms with van der Waals surface area (Å²) in [6.45, 7) is 9.49. The summed E-state index contributed by atoms with van der Waals surface area (Å²) in [4.78, 5) is 5.01. The molecule has 148 valence electrons. The Labute approximate surface area is 168 Å². The van der Waals surface area contributed by atoms with Gasteiger partial charge in [-0.15, -0.1) is 17.5 Å². The number of tetrazole rings is 1. The minimum Gasteiger partial charge on any atom is -0.369 e. The van der Waals surface area contributed by atoms with E-state index in [1.807, 2.05) is 0 Å². The number of anilines is 1. The van der Waals surface area contributed by atoms with Gasteiger partial charge in [0.05, 0.1) is 12.6 Å². The third kappa shape index (κ3) is 4.61. The molecule has 0 unspecified atom stereocenters. The lowest BCUT2D eigenvalue weighted by Gasteiger charge is -2.36. The average molecular weight is 391 g/mol. The van der Waals surface area contributed by atoms with Crippen LogP contribution < -0.4 is 4.90 Å². The zero-order chi connectivity index (χ0) is 17.9. The molecular formula is C20H31ClN6. The van der Waals surface area contributed by atoms with Crippen LogP contribution in [0.4, 0.5) is 5.69 Å². The molecule has 2 fully saturated rings. The number of rotatable bonds is 4. The molecule has 0 atom stereocenters. The smallest absolute Gasteiger partial charge is 0.165 e. The van der Waals surface area contributed by atoms with Crippen molar-refractivity contribution in [3.05, 3.63) is 35.2 Å². The molecule has 1 aromatic heterocycles. The van der Waals surface area contributed by atoms with Crippen LogP contribution in [0.2, 0.25) is 0 Å². The first-order valence-corrected chi connectivity index (χ1v) is 10.0. The van der Waals surface area contributed by atoms with Gasteiger partial charge >= 0.3 is 0 Å². The zero-order valence-electron chi connectivity index (χ0n) is 16.5. The number of halogens is 1. The van der Waals surface area contributed by atoms with Crippen LogP contribution in [-0.2, 0) is 6.54 Å². The molecule has 0 spiro atoms. The third-order valence-corrected chi connectivity index (χ3v) is 5.92. The van der Waals surface area contributed by atoms with Crippen LogP contribution in [-0.4, -0.2) is 51.3 Å². The van der Waals surface area contributed by atoms with Crippen molar-refractivity contribution in [2.45, 2.75) is 58.5 Å². The SMILES string of the molecule is Cc1ccc(C)c(N2CCN(Cc3nnnn3C3CCCCC3)CC2)c1.Cl. The molecule has 2 heterocycles. The normalized spacial score (nSPS) is 19.1. The van der Waals surface area contributed by atoms with Crippen LogP contribution in [0.3, 0.4) is 0 Å². The van der Waals surface area contributed by atoms with Crippen LogP contribution >= 0.6 is 12.4 Å². The molecular weight excluding hydrogens is 360 g/mol. The van der Waals surface area contributed by atoms with E-state index in [0.29, 0.717) is 6.04 Å². The minimum absolute atomic E-state index is 0. The maximum Gasteiger partial charge on any atom is 0.165 e. The number of benzene rings is 1. The summed E-state index contributed by atoms with van der Waals surface area (Å²) in [5.74, 6) is 1.04. The molecule has 2 aliphatic rings. The first-order valence-electron chi connectivity index (χ1n) is 10.0. The van der Waals surface area contributed by atoms with Gasteiger partial charge in [-0.2, -0.15) is 0 Å². The fourth-order valence-electron chi connectivity index (χ4n) is 4.33. The third-order valence-electron chi connectivity index (χ3n) is 5.92. The van der Waals surface area contributed by atoms with Crippen molar-refractivity contribution >= 4 is 18.1 Å². The highest BCUT2D eigenvalue weighted by atomic mass is 35.5. The van der Waals surface area contributed by atoms with E-state index in [9.17, 15) is 0 Å². The summed E-state index contributed by atoms with van der Waals surface area (Å²) in [5, 5.41) is 12.6. The Morgan fingerprint density at radius 2 is 1.74 bits per heavy atom. The lowest BCUT2D eigenvalue weighted by Crippen LogP contribution is -2.46. The van der Waals surface area contributed by atoms with E-state index < -0.39 is 0 Å². The van der Waals surface area contributed by atoms with Crippen molar-refractivity contribution in [2.75, 3.05) is 31.1 Å². The predicted octanol–water partition coefficient (Wildman–Crippen LogP) is 3.54. The van der Waals surface area contributed by atoms with E-state index in [1.54, 1.807) is 0 Å². The molecule has 4 rings (SSSR count). The van der Waals surface area contributed by atoms with E-state index in [2.05, 4.69) is 62.1 Å². The molecule has 7 heteroatoms. The van der Waals surface area contributed by atoms with Gasteiger partial charge in [-0.05, 0) is 54.3 Å². The van der Waals surface area contributed by atoms with Crippen molar-refractivity contribution in [2.24, 2.45) is 0 Å². The van der Waals surface area contributed by atoms with E-state index in [0.717, 1.165) is 38.5 Å². The summed E-state index contributed by atoms with van der Waals surface area (Å²) < 4.78 is 2.11. The molecule has 6 nitrogen and oxygen atoms in total. The summed E-state index contributed by atoms with van der Waals surface area (Å²) >= 11 is 0. The van der Waals surface area contributed by atoms with Gasteiger partial charge in [0, 0.05) is 31.9 Å². The second-order valence-electron chi connectivity index (χ2n) is 7.88. The lowest BCUT2D eigenvalue weighted by molar-refractivity contribution is 0.229. The van der Waals surface area contributed by atoms with Gasteiger partial charge in [-0.1, -0.05) is 31.4 Å². The molecule has 0 radical (unpaired) electrons. The van der Waals surface area contributed by atoms with Crippen LogP contribution in [0.1, 0.15) is 55.1 Å². The largest absolute Gasteiger partial charge is 0.369 e. The minimum atomic E-state index is 0. The summed E-state index contributed by atoms with van der Waals surface area (Å²) in [6, 6.07) is 7.24. The second-order valence-corrected chi connectivity index (χ2v) is 7.88. The zero-order valence-corrected chi connectivity index (χ0v) is 17.3. The standard InChI is InChI=1S/C20H30N6.ClH/c1-16-8-9-17(2)19(14-16)25-12-10-24(11-13-25)15-20-21-22-23-26(20)18-6-4-3-5-7-18;/h8-9,14,18H,3-7,10-13,15H2,1-2H3;1H. The highest BCUT2D eigenvalue weighted by molar-refractivity contribution is 5.85. The van der Waals surface area contributed by atoms with Crippen molar-refractivity contribution in [1.29, 1.82) is 0 Å². The predicted molar refractivity (Wildman–Crippen MR) is 111 cm³/mol. The van der Waals surface area contributed by atoms with Crippen LogP contribution in [0.25, 0.3) is 0 Å². The van der Waals surface area contributed by atoms with Gasteiger partial charge in [0.15, 0.2) is 5.82 Å². The van der Waals surface area contributed by atoms with Crippen molar-refractivity contribution in [1.82, 2.24) is 25.1 Å². The molecule has 1 aromatic carbocycles. The highest BCUT2D eigenvalue weighted by Gasteiger charge is 2.23. The van der Waals surface area contributed by atoms with E-state index >= 15 is 0 Å².